The van der Waals surface area contributed by atoms with Gasteiger partial charge in [0.1, 0.15) is 0 Å². The van der Waals surface area contributed by atoms with Gasteiger partial charge in [-0.2, -0.15) is 0 Å². The molecule has 25 heavy (non-hydrogen) atoms. The lowest BCUT2D eigenvalue weighted by Gasteiger charge is -2.11. The van der Waals surface area contributed by atoms with E-state index in [-0.39, 0.29) is 22.1 Å². The number of benzene rings is 2. The number of carbonyl (C=O) groups excluding carboxylic acids is 1. The molecule has 6 nitrogen and oxygen atoms in total. The maximum absolute atomic E-state index is 12.2. The van der Waals surface area contributed by atoms with Gasteiger partial charge in [0.15, 0.2) is 11.5 Å². The molecular formula is C17H16ClNO5S. The highest BCUT2D eigenvalue weighted by molar-refractivity contribution is 7.93. The van der Waals surface area contributed by atoms with Crippen LogP contribution in [0.2, 0.25) is 5.02 Å². The summed E-state index contributed by atoms with van der Waals surface area (Å²) in [4.78, 5) is 12.2. The van der Waals surface area contributed by atoms with Gasteiger partial charge < -0.3 is 9.47 Å². The highest BCUT2D eigenvalue weighted by Crippen LogP contribution is 2.35. The molecule has 0 aliphatic carbocycles. The van der Waals surface area contributed by atoms with E-state index in [1.807, 2.05) is 10.8 Å². The molecule has 1 amide bonds. The zero-order valence-electron chi connectivity index (χ0n) is 13.5. The second kappa shape index (κ2) is 8.04. The Labute approximate surface area is 151 Å². The first kappa shape index (κ1) is 18.8. The summed E-state index contributed by atoms with van der Waals surface area (Å²) in [6, 6.07) is 11.5. The summed E-state index contributed by atoms with van der Waals surface area (Å²) < 4.78 is 36.2. The third kappa shape index (κ3) is 4.98. The van der Waals surface area contributed by atoms with Gasteiger partial charge in [0.05, 0.1) is 24.7 Å². The van der Waals surface area contributed by atoms with Crippen molar-refractivity contribution in [3.05, 3.63) is 64.0 Å². The molecule has 0 unspecified atom stereocenters. The maximum atomic E-state index is 12.2. The van der Waals surface area contributed by atoms with Gasteiger partial charge in [-0.1, -0.05) is 41.9 Å². The summed E-state index contributed by atoms with van der Waals surface area (Å²) in [6.07, 6.45) is 1.39. The number of ether oxygens (including phenoxy) is 2. The molecule has 8 heteroatoms. The van der Waals surface area contributed by atoms with Gasteiger partial charge in [0.2, 0.25) is 0 Å². The molecule has 2 aromatic rings. The van der Waals surface area contributed by atoms with E-state index >= 15 is 0 Å². The van der Waals surface area contributed by atoms with Crippen molar-refractivity contribution in [3.8, 4) is 11.5 Å². The van der Waals surface area contributed by atoms with E-state index in [0.717, 1.165) is 5.41 Å². The van der Waals surface area contributed by atoms with Crippen LogP contribution in [0.5, 0.6) is 11.5 Å². The number of sulfonamides is 1. The molecule has 1 N–H and O–H groups in total. The zero-order chi connectivity index (χ0) is 18.4. The maximum Gasteiger partial charge on any atom is 0.265 e. The summed E-state index contributed by atoms with van der Waals surface area (Å²) in [6.45, 7) is 0. The fourth-order valence-electron chi connectivity index (χ4n) is 2.00. The van der Waals surface area contributed by atoms with E-state index in [9.17, 15) is 13.2 Å². The summed E-state index contributed by atoms with van der Waals surface area (Å²) in [7, 11) is -1.18. The van der Waals surface area contributed by atoms with Crippen molar-refractivity contribution in [1.82, 2.24) is 4.72 Å². The number of hydrogen-bond donors (Lipinski definition) is 1. The van der Waals surface area contributed by atoms with Crippen LogP contribution in [0.4, 0.5) is 0 Å². The van der Waals surface area contributed by atoms with Crippen LogP contribution in [-0.2, 0) is 10.0 Å². The summed E-state index contributed by atoms with van der Waals surface area (Å²) >= 11 is 6.02. The van der Waals surface area contributed by atoms with Crippen molar-refractivity contribution in [1.29, 1.82) is 0 Å². The topological polar surface area (TPSA) is 81.7 Å². The molecule has 0 saturated carbocycles. The molecule has 0 aromatic heterocycles. The van der Waals surface area contributed by atoms with E-state index < -0.39 is 15.9 Å². The largest absolute Gasteiger partial charge is 0.493 e. The normalized spacial score (nSPS) is 11.3. The Balaban J connectivity index is 2.21. The Kier molecular flexibility index (Phi) is 6.06. The van der Waals surface area contributed by atoms with Gasteiger partial charge in [-0.05, 0) is 23.8 Å². The Bertz CT molecular complexity index is 895. The van der Waals surface area contributed by atoms with Crippen molar-refractivity contribution in [3.63, 3.8) is 0 Å². The summed E-state index contributed by atoms with van der Waals surface area (Å²) in [5.74, 6) is -0.356. The molecular weight excluding hydrogens is 366 g/mol. The van der Waals surface area contributed by atoms with Crippen molar-refractivity contribution < 1.29 is 22.7 Å². The van der Waals surface area contributed by atoms with Crippen LogP contribution in [0, 0.1) is 0 Å². The molecule has 0 atom stereocenters. The van der Waals surface area contributed by atoms with Crippen molar-refractivity contribution in [2.45, 2.75) is 0 Å². The van der Waals surface area contributed by atoms with Gasteiger partial charge >= 0.3 is 0 Å². The average molecular weight is 382 g/mol. The molecule has 0 saturated heterocycles. The summed E-state index contributed by atoms with van der Waals surface area (Å²) in [5.41, 5.74) is 0.717. The number of amides is 1. The Morgan fingerprint density at radius 3 is 2.40 bits per heavy atom. The lowest BCUT2D eigenvalue weighted by Crippen LogP contribution is -2.28. The van der Waals surface area contributed by atoms with Crippen LogP contribution in [0.15, 0.2) is 47.9 Å². The number of rotatable bonds is 6. The van der Waals surface area contributed by atoms with Crippen LogP contribution in [-0.4, -0.2) is 28.5 Å². The quantitative estimate of drug-likeness (QED) is 0.831. The summed E-state index contributed by atoms with van der Waals surface area (Å²) in [5, 5.41) is 1.05. The van der Waals surface area contributed by atoms with Crippen molar-refractivity contribution in [2.75, 3.05) is 14.2 Å². The Hall–Kier alpha value is -2.51. The smallest absolute Gasteiger partial charge is 0.265 e. The van der Waals surface area contributed by atoms with Crippen molar-refractivity contribution >= 4 is 33.6 Å². The van der Waals surface area contributed by atoms with E-state index in [0.29, 0.717) is 5.56 Å². The first-order valence-electron chi connectivity index (χ1n) is 7.08. The number of methoxy groups -OCH3 is 2. The standard InChI is InChI=1S/C17H16ClNO5S/c1-23-15-11-13(10-14(18)16(15)24-2)17(20)19-25(21,22)9-8-12-6-4-3-5-7-12/h3-11H,1-2H3,(H,19,20)/b9-8+. The van der Waals surface area contributed by atoms with E-state index in [2.05, 4.69) is 0 Å². The van der Waals surface area contributed by atoms with E-state index in [4.69, 9.17) is 21.1 Å². The number of carbonyl (C=O) groups is 1. The number of hydrogen-bond acceptors (Lipinski definition) is 5. The predicted molar refractivity (Wildman–Crippen MR) is 96.4 cm³/mol. The molecule has 0 heterocycles. The fourth-order valence-corrected chi connectivity index (χ4v) is 3.07. The lowest BCUT2D eigenvalue weighted by molar-refractivity contribution is 0.0981. The molecule has 2 aromatic carbocycles. The highest BCUT2D eigenvalue weighted by Gasteiger charge is 2.18. The first-order chi connectivity index (χ1) is 11.9. The first-order valence-corrected chi connectivity index (χ1v) is 9.00. The Morgan fingerprint density at radius 2 is 1.80 bits per heavy atom. The molecule has 132 valence electrons. The van der Waals surface area contributed by atoms with Gasteiger partial charge in [-0.15, -0.1) is 0 Å². The van der Waals surface area contributed by atoms with E-state index in [1.54, 1.807) is 24.3 Å². The number of nitrogens with one attached hydrogen (secondary N) is 1. The molecule has 0 aliphatic rings. The zero-order valence-corrected chi connectivity index (χ0v) is 15.1. The Morgan fingerprint density at radius 1 is 1.12 bits per heavy atom. The molecule has 0 spiro atoms. The third-order valence-electron chi connectivity index (χ3n) is 3.17. The van der Waals surface area contributed by atoms with Crippen molar-refractivity contribution in [2.24, 2.45) is 0 Å². The van der Waals surface area contributed by atoms with Crippen LogP contribution < -0.4 is 14.2 Å². The minimum Gasteiger partial charge on any atom is -0.493 e. The molecule has 2 rings (SSSR count). The number of halogens is 1. The van der Waals surface area contributed by atoms with Crippen LogP contribution in [0.3, 0.4) is 0 Å². The van der Waals surface area contributed by atoms with Gasteiger partial charge in [0, 0.05) is 5.56 Å². The molecule has 0 aliphatic heterocycles. The second-order valence-electron chi connectivity index (χ2n) is 4.88. The average Bonchev–Trinajstić information content (AvgIpc) is 2.59. The van der Waals surface area contributed by atoms with Gasteiger partial charge in [-0.25, -0.2) is 13.1 Å². The second-order valence-corrected chi connectivity index (χ2v) is 6.86. The monoisotopic (exact) mass is 381 g/mol. The molecule has 0 bridgehead atoms. The lowest BCUT2D eigenvalue weighted by atomic mass is 10.2. The van der Waals surface area contributed by atoms with Crippen LogP contribution in [0.25, 0.3) is 6.08 Å². The SMILES string of the molecule is COc1cc(C(=O)NS(=O)(=O)/C=C/c2ccccc2)cc(Cl)c1OC. The van der Waals surface area contributed by atoms with Gasteiger partial charge in [0.25, 0.3) is 15.9 Å². The third-order valence-corrected chi connectivity index (χ3v) is 4.41. The minimum absolute atomic E-state index is 0.0272. The van der Waals surface area contributed by atoms with Crippen LogP contribution in [0.1, 0.15) is 15.9 Å². The minimum atomic E-state index is -3.97. The highest BCUT2D eigenvalue weighted by atomic mass is 35.5. The molecule has 0 radical (unpaired) electrons. The fraction of sp³-hybridized carbons (Fsp3) is 0.118. The molecule has 0 fully saturated rings. The van der Waals surface area contributed by atoms with E-state index in [1.165, 1.54) is 32.4 Å². The van der Waals surface area contributed by atoms with Gasteiger partial charge in [-0.3, -0.25) is 4.79 Å². The van der Waals surface area contributed by atoms with Crippen LogP contribution >= 0.6 is 11.6 Å². The predicted octanol–water partition coefficient (Wildman–Crippen LogP) is 3.09.